The highest BCUT2D eigenvalue weighted by atomic mass is 16.3. The predicted octanol–water partition coefficient (Wildman–Crippen LogP) is 11.4. The summed E-state index contributed by atoms with van der Waals surface area (Å²) in [6, 6.07) is 44.3. The van der Waals surface area contributed by atoms with Crippen LogP contribution in [0.25, 0.3) is 6.08 Å². The van der Waals surface area contributed by atoms with Gasteiger partial charge in [-0.1, -0.05) is 48.5 Å². The number of hydrazone groups is 1. The zero-order valence-electron chi connectivity index (χ0n) is 56.5. The molecule has 0 saturated carbocycles. The lowest BCUT2D eigenvalue weighted by atomic mass is 9.98. The number of hydrogen-bond donors (Lipinski definition) is 20. The van der Waals surface area contributed by atoms with Gasteiger partial charge in [0, 0.05) is 62.8 Å². The first-order valence-corrected chi connectivity index (χ1v) is 31.9. The third-order valence-electron chi connectivity index (χ3n) is 16.1. The van der Waals surface area contributed by atoms with Gasteiger partial charge in [-0.25, -0.2) is 0 Å². The maximum atomic E-state index is 11.9. The largest absolute Gasteiger partial charge is 0.504 e. The number of phenols is 20. The van der Waals surface area contributed by atoms with Crippen LogP contribution in [0.1, 0.15) is 84.1 Å². The first-order chi connectivity index (χ1) is 49.3. The van der Waals surface area contributed by atoms with Crippen LogP contribution >= 0.6 is 0 Å². The van der Waals surface area contributed by atoms with Gasteiger partial charge in [0.05, 0.1) is 11.8 Å². The summed E-state index contributed by atoms with van der Waals surface area (Å²) in [5, 5.41) is 193. The fourth-order valence-electron chi connectivity index (χ4n) is 10.2. The SMILES string of the molecule is CN(CCN(C)Cc1ccc(O)c(O)c1)Cc1ccc(O)c(O)c1.CN1N=C(c2ccc(O)c(O)c2)CC1c1ccc(O)c(O)c1.O=C(/C=C/c1ccc(O)c(O)c1)c1ccc(O)c(O)c1.O=C(Cc1ccc(O)c(O)c1)c1ccc(O)c(O)c1.Oc1ccc(CCCc2ccc(O)c(O)c2)cc1O. The second kappa shape index (κ2) is 36.1. The zero-order valence-corrected chi connectivity index (χ0v) is 56.5. The molecule has 1 aliphatic rings. The summed E-state index contributed by atoms with van der Waals surface area (Å²) in [6.45, 7) is 2.98. The highest BCUT2D eigenvalue weighted by molar-refractivity contribution is 6.07. The summed E-state index contributed by atoms with van der Waals surface area (Å²) >= 11 is 0. The van der Waals surface area contributed by atoms with Crippen molar-refractivity contribution in [2.24, 2.45) is 5.10 Å². The van der Waals surface area contributed by atoms with Crippen molar-refractivity contribution in [3.05, 3.63) is 244 Å². The molecule has 26 heteroatoms. The van der Waals surface area contributed by atoms with Crippen molar-refractivity contribution in [1.29, 1.82) is 0 Å². The number of nitrogens with zero attached hydrogens (tertiary/aromatic N) is 4. The van der Waals surface area contributed by atoms with Crippen LogP contribution < -0.4 is 0 Å². The third-order valence-corrected chi connectivity index (χ3v) is 16.1. The van der Waals surface area contributed by atoms with Crippen molar-refractivity contribution >= 4 is 23.4 Å². The van der Waals surface area contributed by atoms with E-state index < -0.39 is 0 Å². The quantitative estimate of drug-likeness (QED) is 0.0203. The van der Waals surface area contributed by atoms with Crippen molar-refractivity contribution in [2.75, 3.05) is 34.2 Å². The Balaban J connectivity index is 0.000000182. The molecule has 26 nitrogen and oxygen atoms in total. The maximum absolute atomic E-state index is 11.9. The maximum Gasteiger partial charge on any atom is 0.185 e. The highest BCUT2D eigenvalue weighted by Gasteiger charge is 2.27. The molecule has 0 aliphatic carbocycles. The minimum absolute atomic E-state index is 0.0120. The number of hydrogen-bond acceptors (Lipinski definition) is 26. The van der Waals surface area contributed by atoms with Crippen LogP contribution in [-0.2, 0) is 32.4 Å². The summed E-state index contributed by atoms with van der Waals surface area (Å²) in [5.74, 6) is -4.60. The van der Waals surface area contributed by atoms with Gasteiger partial charge in [-0.15, -0.1) is 0 Å². The Morgan fingerprint density at radius 3 is 1.16 bits per heavy atom. The number of aryl methyl sites for hydroxylation is 2. The molecule has 10 aromatic carbocycles. The van der Waals surface area contributed by atoms with Gasteiger partial charge in [0.15, 0.2) is 127 Å². The second-order valence-corrected chi connectivity index (χ2v) is 24.2. The Kier molecular flexibility index (Phi) is 27.1. The Bertz CT molecular complexity index is 4600. The molecule has 11 rings (SSSR count). The number of carbonyl (C=O) groups excluding carboxylic acids is 2. The van der Waals surface area contributed by atoms with E-state index in [1.165, 1.54) is 127 Å². The van der Waals surface area contributed by atoms with Gasteiger partial charge in [0.2, 0.25) is 0 Å². The van der Waals surface area contributed by atoms with Gasteiger partial charge in [-0.3, -0.25) is 14.6 Å². The van der Waals surface area contributed by atoms with Crippen LogP contribution in [0.5, 0.6) is 115 Å². The molecule has 10 aromatic rings. The number of allylic oxidation sites excluding steroid dienone is 1. The lowest BCUT2D eigenvalue weighted by molar-refractivity contribution is 0.0991. The second-order valence-electron chi connectivity index (χ2n) is 24.2. The van der Waals surface area contributed by atoms with Crippen LogP contribution in [0.3, 0.4) is 0 Å². The summed E-state index contributed by atoms with van der Waals surface area (Å²) in [5.41, 5.74) is 7.63. The van der Waals surface area contributed by atoms with Crippen LogP contribution in [0, 0.1) is 0 Å². The third kappa shape index (κ3) is 22.9. The van der Waals surface area contributed by atoms with E-state index in [1.807, 2.05) is 21.1 Å². The Labute approximate surface area is 596 Å². The van der Waals surface area contributed by atoms with Crippen molar-refractivity contribution in [3.63, 3.8) is 0 Å². The summed E-state index contributed by atoms with van der Waals surface area (Å²) < 4.78 is 0. The molecule has 1 atom stereocenters. The minimum Gasteiger partial charge on any atom is -0.504 e. The molecule has 104 heavy (non-hydrogen) atoms. The lowest BCUT2D eigenvalue weighted by Gasteiger charge is -2.22. The first kappa shape index (κ1) is 78.0. The molecule has 0 amide bonds. The number of benzene rings is 10. The summed E-state index contributed by atoms with van der Waals surface area (Å²) in [4.78, 5) is 28.0. The molecule has 1 heterocycles. The minimum atomic E-state index is -0.369. The van der Waals surface area contributed by atoms with E-state index >= 15 is 0 Å². The molecule has 544 valence electrons. The number of phenolic OH excluding ortho intramolecular Hbond substituents is 20. The summed E-state index contributed by atoms with van der Waals surface area (Å²) in [7, 11) is 5.80. The Morgan fingerprint density at radius 2 is 0.731 bits per heavy atom. The van der Waals surface area contributed by atoms with Crippen molar-refractivity contribution < 1.29 is 112 Å². The zero-order chi connectivity index (χ0) is 76.1. The van der Waals surface area contributed by atoms with Gasteiger partial charge < -0.3 is 112 Å². The highest BCUT2D eigenvalue weighted by Crippen LogP contribution is 2.38. The molecule has 0 spiro atoms. The van der Waals surface area contributed by atoms with Crippen LogP contribution in [0.2, 0.25) is 0 Å². The molecule has 0 aromatic heterocycles. The molecule has 20 N–H and O–H groups in total. The van der Waals surface area contributed by atoms with Gasteiger partial charge in [0.1, 0.15) is 0 Å². The van der Waals surface area contributed by atoms with Crippen molar-refractivity contribution in [2.45, 2.75) is 51.2 Å². The molecule has 0 fully saturated rings. The molecular weight excluding hydrogens is 1340 g/mol. The van der Waals surface area contributed by atoms with Crippen molar-refractivity contribution in [1.82, 2.24) is 14.8 Å². The molecule has 1 unspecified atom stereocenters. The number of ketones is 2. The van der Waals surface area contributed by atoms with E-state index in [0.29, 0.717) is 30.6 Å². The molecule has 0 bridgehead atoms. The topological polar surface area (TPSA) is 461 Å². The van der Waals surface area contributed by atoms with Gasteiger partial charge in [-0.05, 0) is 218 Å². The smallest absolute Gasteiger partial charge is 0.185 e. The fourth-order valence-corrected chi connectivity index (χ4v) is 10.2. The number of aromatic hydroxyl groups is 20. The first-order valence-electron chi connectivity index (χ1n) is 31.9. The Morgan fingerprint density at radius 1 is 0.385 bits per heavy atom. The van der Waals surface area contributed by atoms with Gasteiger partial charge in [0.25, 0.3) is 0 Å². The average molecular weight is 1430 g/mol. The number of carbonyl (C=O) groups is 2. The fraction of sp³-hybridized carbons (Fsp3) is 0.167. The standard InChI is InChI=1S/C18H24N2O4.C16H16N2O4.C15H12O5.C15H16O4.C14H12O5/c1-19(11-13-3-5-15(21)17(23)9-13)7-8-20(2)12-14-4-6-16(22)18(24)10-14;1-18-12(10-3-5-14(20)16(22)7-10)8-11(17-18)9-2-4-13(19)15(21)6-9;16-11(10-3-6-13(18)15(20)8-10)4-1-9-2-5-12(17)14(19)7-9;16-12-6-4-10(8-14(12)18)2-1-3-11-5-7-13(17)15(19)9-11;15-10-3-1-8(6-13(10)18)5-12(17)9-2-4-11(16)14(19)7-9/h3-6,9-10,21-24H,7-8,11-12H2,1-2H3;2-7,12,19-22H,8H2,1H3;1-8,17-20H;4-9,16-19H,1-3H2;1-4,6-7,15-16,18-19H,5H2/b;;4-1+;;. The molecule has 0 radical (unpaired) electrons. The Hall–Kier alpha value is -13.3. The van der Waals surface area contributed by atoms with Crippen LogP contribution in [-0.4, -0.2) is 168 Å². The lowest BCUT2D eigenvalue weighted by Crippen LogP contribution is -2.30. The number of Topliss-reactive ketones (excluding diaryl/α,β-unsaturated/α-hetero) is 1. The van der Waals surface area contributed by atoms with E-state index in [2.05, 4.69) is 14.9 Å². The number of rotatable bonds is 19. The number of likely N-dealkylation sites (N-methyl/N-ethyl adjacent to an activating group) is 2. The normalized spacial score (nSPS) is 12.2. The van der Waals surface area contributed by atoms with Gasteiger partial charge in [-0.2, -0.15) is 5.10 Å². The summed E-state index contributed by atoms with van der Waals surface area (Å²) in [6.07, 6.45) is 5.69. The van der Waals surface area contributed by atoms with E-state index in [-0.39, 0.29) is 150 Å². The monoisotopic (exact) mass is 1420 g/mol. The molecule has 1 aliphatic heterocycles. The van der Waals surface area contributed by atoms with Gasteiger partial charge >= 0.3 is 0 Å². The van der Waals surface area contributed by atoms with Crippen LogP contribution in [0.15, 0.2) is 193 Å². The van der Waals surface area contributed by atoms with E-state index in [9.17, 15) is 91.3 Å². The van der Waals surface area contributed by atoms with E-state index in [1.54, 1.807) is 65.7 Å². The van der Waals surface area contributed by atoms with Crippen LogP contribution in [0.4, 0.5) is 0 Å². The van der Waals surface area contributed by atoms with E-state index in [4.69, 9.17) is 20.4 Å². The average Bonchev–Trinajstić information content (AvgIpc) is 1.65. The molecule has 0 saturated heterocycles. The van der Waals surface area contributed by atoms with Crippen molar-refractivity contribution in [3.8, 4) is 115 Å². The predicted molar refractivity (Wildman–Crippen MR) is 385 cm³/mol. The van der Waals surface area contributed by atoms with E-state index in [0.717, 1.165) is 77.5 Å². The molecular formula is C78H80N4O22.